The third-order valence-electron chi connectivity index (χ3n) is 2.14. The second-order valence-corrected chi connectivity index (χ2v) is 2.96. The Balaban J connectivity index is 2.33. The second kappa shape index (κ2) is 3.18. The van der Waals surface area contributed by atoms with Crippen LogP contribution in [0.3, 0.4) is 0 Å². The summed E-state index contributed by atoms with van der Waals surface area (Å²) in [6, 6.07) is 7.50. The highest BCUT2D eigenvalue weighted by Gasteiger charge is 2.27. The highest BCUT2D eigenvalue weighted by molar-refractivity contribution is 5.80. The fraction of sp³-hybridized carbons (Fsp3) is 0.300. The number of hydrogen-bond donors (Lipinski definition) is 0. The van der Waals surface area contributed by atoms with Crippen LogP contribution in [0.5, 0.6) is 5.75 Å². The zero-order valence-electron chi connectivity index (χ0n) is 7.32. The van der Waals surface area contributed by atoms with Gasteiger partial charge in [0.2, 0.25) is 0 Å². The Morgan fingerprint density at radius 3 is 3.00 bits per heavy atom. The summed E-state index contributed by atoms with van der Waals surface area (Å²) in [6.45, 7) is 0. The Morgan fingerprint density at radius 2 is 2.23 bits per heavy atom. The number of carbonyl (C=O) groups is 1. The first-order chi connectivity index (χ1) is 6.31. The summed E-state index contributed by atoms with van der Waals surface area (Å²) in [5, 5.41) is 0. The van der Waals surface area contributed by atoms with Crippen molar-refractivity contribution in [1.82, 2.24) is 0 Å². The number of hydrogen-bond acceptors (Lipinski definition) is 3. The molecule has 1 heterocycles. The van der Waals surface area contributed by atoms with Gasteiger partial charge in [0.15, 0.2) is 6.10 Å². The lowest BCUT2D eigenvalue weighted by Crippen LogP contribution is -2.33. The van der Waals surface area contributed by atoms with Gasteiger partial charge in [-0.1, -0.05) is 18.2 Å². The molecule has 0 amide bonds. The number of rotatable bonds is 1. The van der Waals surface area contributed by atoms with Crippen LogP contribution in [-0.2, 0) is 16.0 Å². The lowest BCUT2D eigenvalue weighted by molar-refractivity contribution is -0.147. The van der Waals surface area contributed by atoms with Crippen molar-refractivity contribution in [2.75, 3.05) is 7.11 Å². The van der Waals surface area contributed by atoms with Gasteiger partial charge in [-0.2, -0.15) is 0 Å². The minimum atomic E-state index is -0.449. The number of fused-ring (bicyclic) bond motifs is 1. The average Bonchev–Trinajstić information content (AvgIpc) is 2.17. The molecule has 1 aliphatic heterocycles. The van der Waals surface area contributed by atoms with E-state index in [0.717, 1.165) is 5.56 Å². The Labute approximate surface area is 76.3 Å². The molecule has 1 aromatic carbocycles. The molecule has 0 N–H and O–H groups in total. The van der Waals surface area contributed by atoms with E-state index >= 15 is 0 Å². The van der Waals surface area contributed by atoms with Crippen molar-refractivity contribution in [3.8, 4) is 5.75 Å². The van der Waals surface area contributed by atoms with Gasteiger partial charge in [0.05, 0.1) is 0 Å². The molecular weight excluding hydrogens is 168 g/mol. The number of ether oxygens (including phenoxy) is 2. The lowest BCUT2D eigenvalue weighted by Gasteiger charge is -2.21. The van der Waals surface area contributed by atoms with Crippen LogP contribution in [-0.4, -0.2) is 19.2 Å². The fourth-order valence-electron chi connectivity index (χ4n) is 1.41. The van der Waals surface area contributed by atoms with E-state index < -0.39 is 6.10 Å². The summed E-state index contributed by atoms with van der Waals surface area (Å²) >= 11 is 0. The molecule has 0 bridgehead atoms. The van der Waals surface area contributed by atoms with Crippen molar-refractivity contribution < 1.29 is 14.3 Å². The summed E-state index contributed by atoms with van der Waals surface area (Å²) < 4.78 is 10.1. The van der Waals surface area contributed by atoms with Gasteiger partial charge < -0.3 is 9.47 Å². The SMILES string of the molecule is COC1Cc2ccccc2OC1=O. The van der Waals surface area contributed by atoms with Crippen molar-refractivity contribution in [3.63, 3.8) is 0 Å². The molecule has 1 atom stereocenters. The summed E-state index contributed by atoms with van der Waals surface area (Å²) in [4.78, 5) is 11.2. The molecular formula is C10H10O3. The summed E-state index contributed by atoms with van der Waals surface area (Å²) in [5.41, 5.74) is 1.02. The average molecular weight is 178 g/mol. The number of para-hydroxylation sites is 1. The molecule has 13 heavy (non-hydrogen) atoms. The van der Waals surface area contributed by atoms with Crippen LogP contribution in [0, 0.1) is 0 Å². The maximum absolute atomic E-state index is 11.2. The Morgan fingerprint density at radius 1 is 1.46 bits per heavy atom. The zero-order valence-corrected chi connectivity index (χ0v) is 7.32. The molecule has 0 saturated carbocycles. The number of carbonyl (C=O) groups excluding carboxylic acids is 1. The van der Waals surface area contributed by atoms with Crippen molar-refractivity contribution in [2.45, 2.75) is 12.5 Å². The maximum atomic E-state index is 11.2. The predicted molar refractivity (Wildman–Crippen MR) is 46.6 cm³/mol. The summed E-state index contributed by atoms with van der Waals surface area (Å²) in [6.07, 6.45) is 0.154. The summed E-state index contributed by atoms with van der Waals surface area (Å²) in [5.74, 6) is 0.349. The first kappa shape index (κ1) is 8.26. The second-order valence-electron chi connectivity index (χ2n) is 2.96. The van der Waals surface area contributed by atoms with Crippen LogP contribution in [0.15, 0.2) is 24.3 Å². The third kappa shape index (κ3) is 1.42. The molecule has 0 saturated heterocycles. The van der Waals surface area contributed by atoms with Crippen LogP contribution < -0.4 is 4.74 Å². The number of methoxy groups -OCH3 is 1. The predicted octanol–water partition coefficient (Wildman–Crippen LogP) is 1.16. The van der Waals surface area contributed by atoms with E-state index in [9.17, 15) is 4.79 Å². The quantitative estimate of drug-likeness (QED) is 0.478. The van der Waals surface area contributed by atoms with E-state index in [-0.39, 0.29) is 5.97 Å². The highest BCUT2D eigenvalue weighted by Crippen LogP contribution is 2.25. The van der Waals surface area contributed by atoms with Gasteiger partial charge in [-0.25, -0.2) is 4.79 Å². The van der Waals surface area contributed by atoms with Gasteiger partial charge in [-0.15, -0.1) is 0 Å². The molecule has 3 heteroatoms. The molecule has 3 nitrogen and oxygen atoms in total. The zero-order chi connectivity index (χ0) is 9.26. The van der Waals surface area contributed by atoms with Gasteiger partial charge in [-0.05, 0) is 11.6 Å². The van der Waals surface area contributed by atoms with Crippen molar-refractivity contribution in [2.24, 2.45) is 0 Å². The van der Waals surface area contributed by atoms with Crippen molar-refractivity contribution >= 4 is 5.97 Å². The standard InChI is InChI=1S/C10H10O3/c1-12-9-6-7-4-2-3-5-8(7)13-10(9)11/h2-5,9H,6H2,1H3. The molecule has 1 aromatic rings. The molecule has 0 radical (unpaired) electrons. The van der Waals surface area contributed by atoms with Crippen LogP contribution in [0.4, 0.5) is 0 Å². The Hall–Kier alpha value is -1.35. The van der Waals surface area contributed by atoms with Crippen LogP contribution in [0.25, 0.3) is 0 Å². The van der Waals surface area contributed by atoms with E-state index in [1.807, 2.05) is 18.2 Å². The minimum absolute atomic E-state index is 0.304. The van der Waals surface area contributed by atoms with Gasteiger partial charge in [0.1, 0.15) is 5.75 Å². The van der Waals surface area contributed by atoms with E-state index in [4.69, 9.17) is 9.47 Å². The number of esters is 1. The molecule has 0 spiro atoms. The Kier molecular flexibility index (Phi) is 2.02. The highest BCUT2D eigenvalue weighted by atomic mass is 16.6. The lowest BCUT2D eigenvalue weighted by atomic mass is 10.0. The monoisotopic (exact) mass is 178 g/mol. The topological polar surface area (TPSA) is 35.5 Å². The molecule has 1 unspecified atom stereocenters. The first-order valence-electron chi connectivity index (χ1n) is 4.13. The molecule has 68 valence electrons. The largest absolute Gasteiger partial charge is 0.424 e. The number of benzene rings is 1. The first-order valence-corrected chi connectivity index (χ1v) is 4.13. The van der Waals surface area contributed by atoms with E-state index in [0.29, 0.717) is 12.2 Å². The minimum Gasteiger partial charge on any atom is -0.424 e. The van der Waals surface area contributed by atoms with Crippen molar-refractivity contribution in [1.29, 1.82) is 0 Å². The normalized spacial score (nSPS) is 20.7. The van der Waals surface area contributed by atoms with E-state index in [1.165, 1.54) is 7.11 Å². The summed E-state index contributed by atoms with van der Waals surface area (Å²) in [7, 11) is 1.51. The maximum Gasteiger partial charge on any atom is 0.340 e. The third-order valence-corrected chi connectivity index (χ3v) is 2.14. The van der Waals surface area contributed by atoms with E-state index in [1.54, 1.807) is 6.07 Å². The molecule has 0 aromatic heterocycles. The van der Waals surface area contributed by atoms with Gasteiger partial charge in [0, 0.05) is 13.5 Å². The molecule has 0 aliphatic carbocycles. The molecule has 1 aliphatic rings. The fourth-order valence-corrected chi connectivity index (χ4v) is 1.41. The van der Waals surface area contributed by atoms with E-state index in [2.05, 4.69) is 0 Å². The van der Waals surface area contributed by atoms with Gasteiger partial charge in [0.25, 0.3) is 0 Å². The smallest absolute Gasteiger partial charge is 0.340 e. The van der Waals surface area contributed by atoms with Crippen LogP contribution in [0.1, 0.15) is 5.56 Å². The van der Waals surface area contributed by atoms with Crippen LogP contribution in [0.2, 0.25) is 0 Å². The van der Waals surface area contributed by atoms with Gasteiger partial charge in [-0.3, -0.25) is 0 Å². The van der Waals surface area contributed by atoms with Crippen LogP contribution >= 0.6 is 0 Å². The van der Waals surface area contributed by atoms with Crippen molar-refractivity contribution in [3.05, 3.63) is 29.8 Å². The Bertz CT molecular complexity index is 333. The van der Waals surface area contributed by atoms with Gasteiger partial charge >= 0.3 is 5.97 Å². The molecule has 0 fully saturated rings. The molecule has 2 rings (SSSR count).